The minimum Gasteiger partial charge on any atom is -0.455 e. The third-order valence-corrected chi connectivity index (χ3v) is 14.0. The van der Waals surface area contributed by atoms with E-state index in [1.807, 2.05) is 12.1 Å². The molecule has 0 radical (unpaired) electrons. The number of rotatable bonds is 13. The first-order chi connectivity index (χ1) is 29.1. The Kier molecular flexibility index (Phi) is 12.2. The van der Waals surface area contributed by atoms with Gasteiger partial charge in [0.1, 0.15) is 23.0 Å². The van der Waals surface area contributed by atoms with Crippen molar-refractivity contribution in [3.8, 4) is 11.5 Å². The Hall–Kier alpha value is -4.93. The highest BCUT2D eigenvalue weighted by Gasteiger charge is 2.35. The van der Waals surface area contributed by atoms with Crippen LogP contribution in [0.25, 0.3) is 5.57 Å². The smallest absolute Gasteiger partial charge is 0.293 e. The van der Waals surface area contributed by atoms with Crippen molar-refractivity contribution in [1.82, 2.24) is 19.5 Å². The van der Waals surface area contributed by atoms with Crippen LogP contribution in [0, 0.1) is 15.5 Å². The lowest BCUT2D eigenvalue weighted by atomic mass is 9.72. The van der Waals surface area contributed by atoms with Gasteiger partial charge >= 0.3 is 0 Å². The summed E-state index contributed by atoms with van der Waals surface area (Å²) in [5, 5.41) is 16.3. The molecule has 322 valence electrons. The fourth-order valence-corrected chi connectivity index (χ4v) is 9.84. The number of hydrogen-bond donors (Lipinski definition) is 3. The van der Waals surface area contributed by atoms with Gasteiger partial charge in [0, 0.05) is 86.8 Å². The number of likely N-dealkylation sites (tertiary alicyclic amines) is 1. The molecule has 0 spiro atoms. The maximum atomic E-state index is 13.9. The standard InChI is InChI=1S/C44H50Cl2N8O6S/c1-44(2)15-13-29(37(24-44)28-3-5-30(45)6-4-28)26-51-17-19-52(20-18-51)33-9-11-36(41(21-33)60-34-22-38(46)42(47)48-25-34)43(55)50-61(58,59)35-10-12-39(40(23-35)54(56)57)49-31-14-16-53(27-31)32-7-8-32/h3-6,9-12,21-23,25,31-32,49H,7-8,13-20,24,26-27H2,1-2H3,(H2,47,48)(H,50,55). The molecule has 4 N–H and O–H groups in total. The molecule has 0 bridgehead atoms. The minimum atomic E-state index is -4.57. The summed E-state index contributed by atoms with van der Waals surface area (Å²) in [6.45, 7) is 10.2. The second-order valence-electron chi connectivity index (χ2n) is 17.2. The lowest BCUT2D eigenvalue weighted by Crippen LogP contribution is -2.47. The van der Waals surface area contributed by atoms with Crippen LogP contribution in [0.1, 0.15) is 68.3 Å². The van der Waals surface area contributed by atoms with Gasteiger partial charge in [-0.2, -0.15) is 0 Å². The quantitative estimate of drug-likeness (QED) is 0.0868. The molecular weight excluding hydrogens is 840 g/mol. The van der Waals surface area contributed by atoms with E-state index in [1.165, 1.54) is 60.0 Å². The zero-order valence-electron chi connectivity index (χ0n) is 34.2. The number of ether oxygens (including phenoxy) is 1. The van der Waals surface area contributed by atoms with E-state index in [9.17, 15) is 23.3 Å². The molecule has 61 heavy (non-hydrogen) atoms. The number of sulfonamides is 1. The summed E-state index contributed by atoms with van der Waals surface area (Å²) >= 11 is 12.5. The Morgan fingerprint density at radius 2 is 1.75 bits per heavy atom. The first-order valence-electron chi connectivity index (χ1n) is 20.6. The Balaban J connectivity index is 0.991. The maximum Gasteiger partial charge on any atom is 0.293 e. The summed E-state index contributed by atoms with van der Waals surface area (Å²) in [6, 6.07) is 18.7. The predicted molar refractivity (Wildman–Crippen MR) is 239 cm³/mol. The first kappa shape index (κ1) is 42.7. The molecule has 17 heteroatoms. The third kappa shape index (κ3) is 10.1. The topological polar surface area (TPSA) is 176 Å². The number of halogens is 2. The number of carbonyl (C=O) groups is 1. The van der Waals surface area contributed by atoms with Crippen LogP contribution in [-0.4, -0.2) is 91.9 Å². The summed E-state index contributed by atoms with van der Waals surface area (Å²) < 4.78 is 35.6. The summed E-state index contributed by atoms with van der Waals surface area (Å²) in [7, 11) is -4.57. The number of nitrogens with one attached hydrogen (secondary N) is 2. The Morgan fingerprint density at radius 3 is 2.46 bits per heavy atom. The number of amides is 1. The normalized spacial score (nSPS) is 19.8. The fraction of sp³-hybridized carbons (Fsp3) is 0.409. The van der Waals surface area contributed by atoms with Crippen LogP contribution in [0.5, 0.6) is 11.5 Å². The van der Waals surface area contributed by atoms with E-state index in [2.05, 4.69) is 55.7 Å². The second-order valence-corrected chi connectivity index (χ2v) is 19.8. The monoisotopic (exact) mass is 888 g/mol. The van der Waals surface area contributed by atoms with E-state index < -0.39 is 31.4 Å². The van der Waals surface area contributed by atoms with E-state index in [1.54, 1.807) is 12.1 Å². The van der Waals surface area contributed by atoms with Gasteiger partial charge in [-0.15, -0.1) is 0 Å². The summed E-state index contributed by atoms with van der Waals surface area (Å²) in [5.41, 5.74) is 10.6. The minimum absolute atomic E-state index is 0.00105. The Labute approximate surface area is 366 Å². The number of nitro benzene ring substituents is 1. The van der Waals surface area contributed by atoms with Gasteiger partial charge in [-0.1, -0.05) is 54.8 Å². The van der Waals surface area contributed by atoms with Crippen molar-refractivity contribution >= 4 is 67.6 Å². The number of nitrogens with two attached hydrogens (primary N) is 1. The van der Waals surface area contributed by atoms with E-state index in [4.69, 9.17) is 33.7 Å². The van der Waals surface area contributed by atoms with Gasteiger partial charge in [-0.25, -0.2) is 18.1 Å². The Morgan fingerprint density at radius 1 is 1.00 bits per heavy atom. The van der Waals surface area contributed by atoms with Crippen LogP contribution in [0.15, 0.2) is 83.4 Å². The molecule has 1 saturated carbocycles. The zero-order valence-corrected chi connectivity index (χ0v) is 36.5. The molecule has 1 aromatic heterocycles. The average Bonchev–Trinajstić information content (AvgIpc) is 3.98. The van der Waals surface area contributed by atoms with Crippen molar-refractivity contribution in [3.63, 3.8) is 0 Å². The molecular formula is C44H50Cl2N8O6S. The van der Waals surface area contributed by atoms with E-state index in [0.717, 1.165) is 75.2 Å². The highest BCUT2D eigenvalue weighted by atomic mass is 35.5. The van der Waals surface area contributed by atoms with E-state index >= 15 is 0 Å². The molecule has 4 aromatic rings. The number of hydrogen-bond acceptors (Lipinski definition) is 12. The number of nitrogens with zero attached hydrogens (tertiary/aromatic N) is 5. The maximum absolute atomic E-state index is 13.9. The number of aromatic nitrogens is 1. The molecule has 4 aliphatic rings. The highest BCUT2D eigenvalue weighted by molar-refractivity contribution is 7.90. The number of pyridine rings is 1. The molecule has 3 heterocycles. The van der Waals surface area contributed by atoms with Gasteiger partial charge in [0.05, 0.1) is 26.6 Å². The van der Waals surface area contributed by atoms with Gasteiger partial charge in [-0.3, -0.25) is 24.7 Å². The van der Waals surface area contributed by atoms with Gasteiger partial charge in [0.15, 0.2) is 0 Å². The van der Waals surface area contributed by atoms with Crippen molar-refractivity contribution in [2.24, 2.45) is 5.41 Å². The predicted octanol–water partition coefficient (Wildman–Crippen LogP) is 8.22. The molecule has 2 aliphatic carbocycles. The number of carbonyl (C=O) groups excluding carboxylic acids is 1. The molecule has 1 unspecified atom stereocenters. The SMILES string of the molecule is CC1(C)CCC(CN2CCN(c3ccc(C(=O)NS(=O)(=O)c4ccc(NC5CCN(C6CC6)C5)c([N+](=O)[O-])c4)c(Oc4cnc(N)c(Cl)c4)c3)CC2)=C(c2ccc(Cl)cc2)C1. The summed E-state index contributed by atoms with van der Waals surface area (Å²) in [6.07, 6.45) is 7.68. The number of nitrogen functional groups attached to an aromatic ring is 1. The van der Waals surface area contributed by atoms with Crippen LogP contribution in [-0.2, 0) is 10.0 Å². The third-order valence-electron chi connectivity index (χ3n) is 12.2. The summed E-state index contributed by atoms with van der Waals surface area (Å²) in [4.78, 5) is 36.1. The molecule has 14 nitrogen and oxygen atoms in total. The van der Waals surface area contributed by atoms with Crippen molar-refractivity contribution in [3.05, 3.63) is 110 Å². The molecule has 1 atom stereocenters. The van der Waals surface area contributed by atoms with Gasteiger partial charge < -0.3 is 20.7 Å². The molecule has 3 aromatic carbocycles. The zero-order chi connectivity index (χ0) is 43.1. The van der Waals surface area contributed by atoms with Gasteiger partial charge in [0.2, 0.25) is 0 Å². The first-order valence-corrected chi connectivity index (χ1v) is 22.9. The van der Waals surface area contributed by atoms with Crippen LogP contribution in [0.2, 0.25) is 10.0 Å². The average molecular weight is 890 g/mol. The van der Waals surface area contributed by atoms with Crippen LogP contribution < -0.4 is 25.4 Å². The Bertz CT molecular complexity index is 2470. The van der Waals surface area contributed by atoms with Crippen molar-refractivity contribution in [2.45, 2.75) is 69.4 Å². The van der Waals surface area contributed by atoms with Crippen LogP contribution >= 0.6 is 23.2 Å². The number of piperazine rings is 1. The molecule has 1 amide bonds. The lowest BCUT2D eigenvalue weighted by Gasteiger charge is -2.39. The van der Waals surface area contributed by atoms with E-state index in [0.29, 0.717) is 19.1 Å². The van der Waals surface area contributed by atoms with Crippen molar-refractivity contribution in [2.75, 3.05) is 61.8 Å². The molecule has 3 fully saturated rings. The largest absolute Gasteiger partial charge is 0.455 e. The summed E-state index contributed by atoms with van der Waals surface area (Å²) in [5.74, 6) is -0.659. The highest BCUT2D eigenvalue weighted by Crippen LogP contribution is 2.44. The second kappa shape index (κ2) is 17.4. The van der Waals surface area contributed by atoms with Crippen LogP contribution in [0.3, 0.4) is 0 Å². The van der Waals surface area contributed by atoms with Crippen LogP contribution in [0.4, 0.5) is 22.9 Å². The molecule has 8 rings (SSSR count). The lowest BCUT2D eigenvalue weighted by molar-refractivity contribution is -0.384. The number of allylic oxidation sites excluding steroid dienone is 1. The number of nitro groups is 1. The number of anilines is 3. The number of benzene rings is 3. The van der Waals surface area contributed by atoms with Gasteiger partial charge in [-0.05, 0) is 91.5 Å². The molecule has 2 saturated heterocycles. The van der Waals surface area contributed by atoms with Crippen molar-refractivity contribution < 1.29 is 22.9 Å². The fourth-order valence-electron chi connectivity index (χ4n) is 8.58. The van der Waals surface area contributed by atoms with Crippen molar-refractivity contribution in [1.29, 1.82) is 0 Å². The van der Waals surface area contributed by atoms with Gasteiger partial charge in [0.25, 0.3) is 21.6 Å². The molecule has 2 aliphatic heterocycles. The van der Waals surface area contributed by atoms with E-state index in [-0.39, 0.29) is 45.0 Å².